The fraction of sp³-hybridized carbons (Fsp3) is 0.679. The van der Waals surface area contributed by atoms with Crippen LogP contribution in [0.5, 0.6) is 0 Å². The van der Waals surface area contributed by atoms with E-state index in [9.17, 15) is 40.5 Å². The number of fused-ring (bicyclic) bond motifs is 2. The molecule has 2 fully saturated rings. The van der Waals surface area contributed by atoms with Crippen molar-refractivity contribution in [1.29, 1.82) is 0 Å². The van der Waals surface area contributed by atoms with Crippen molar-refractivity contribution in [2.24, 2.45) is 16.7 Å². The normalized spacial score (nSPS) is 43.3. The van der Waals surface area contributed by atoms with Crippen LogP contribution in [0.15, 0.2) is 41.5 Å². The number of aliphatic hydroxyl groups is 7. The molecule has 212 valence electrons. The van der Waals surface area contributed by atoms with Gasteiger partial charge in [-0.1, -0.05) is 25.1 Å². The predicted octanol–water partition coefficient (Wildman–Crippen LogP) is -0.0887. The lowest BCUT2D eigenvalue weighted by Crippen LogP contribution is -2.73. The summed E-state index contributed by atoms with van der Waals surface area (Å²) >= 11 is 0. The van der Waals surface area contributed by atoms with Crippen LogP contribution in [0.4, 0.5) is 0 Å². The molecule has 0 unspecified atom stereocenters. The molecule has 0 spiro atoms. The number of carbonyl (C=O) groups is 1. The standard InChI is InChI=1S/C28H40O10/c1-14-16(37-5)12-27(25(2,3)35)19(14)20(32)22(33)26(4)17(30)11-18(31)28(36,13-29)21(26)23(27)38-24(34)15-9-7-6-8-10-15/h6-10,16-18,20-23,29-33,35-36H,11-13H2,1-5H3/t16-,17+,18+,20-,21+,22+,23+,26-,27+,28+/m1/s1. The number of esters is 1. The van der Waals surface area contributed by atoms with E-state index >= 15 is 0 Å². The summed E-state index contributed by atoms with van der Waals surface area (Å²) in [5.41, 5.74) is -6.75. The molecule has 38 heavy (non-hydrogen) atoms. The largest absolute Gasteiger partial charge is 0.457 e. The molecule has 0 amide bonds. The molecule has 0 heterocycles. The summed E-state index contributed by atoms with van der Waals surface area (Å²) < 4.78 is 11.8. The summed E-state index contributed by atoms with van der Waals surface area (Å²) in [6.07, 6.45) is -9.17. The average Bonchev–Trinajstić information content (AvgIpc) is 3.16. The zero-order valence-corrected chi connectivity index (χ0v) is 22.4. The SMILES string of the molecule is CO[C@@H]1C[C@]2(C(C)(C)O)C(=C1C)[C@@H](O)[C@H](O)[C@@]1(C)[C@H]([C@@H]2OC(=O)c2ccccc2)[C@](O)(CO)[C@@H](O)C[C@@H]1O. The highest BCUT2D eigenvalue weighted by Gasteiger charge is 2.75. The number of benzene rings is 1. The first kappa shape index (κ1) is 29.1. The Hall–Kier alpha value is -1.89. The van der Waals surface area contributed by atoms with Crippen molar-refractivity contribution in [1.82, 2.24) is 0 Å². The maximum atomic E-state index is 13.6. The van der Waals surface area contributed by atoms with Crippen molar-refractivity contribution >= 4 is 5.97 Å². The molecular formula is C28H40O10. The van der Waals surface area contributed by atoms with E-state index in [2.05, 4.69) is 0 Å². The lowest BCUT2D eigenvalue weighted by Gasteiger charge is -2.59. The molecule has 10 heteroatoms. The Morgan fingerprint density at radius 3 is 2.24 bits per heavy atom. The quantitative estimate of drug-likeness (QED) is 0.199. The van der Waals surface area contributed by atoms with E-state index in [1.54, 1.807) is 25.1 Å². The van der Waals surface area contributed by atoms with Gasteiger partial charge in [-0.2, -0.15) is 0 Å². The molecule has 1 aromatic carbocycles. The summed E-state index contributed by atoms with van der Waals surface area (Å²) in [4.78, 5) is 13.6. The van der Waals surface area contributed by atoms with Crippen LogP contribution in [-0.4, -0.2) is 103 Å². The predicted molar refractivity (Wildman–Crippen MR) is 135 cm³/mol. The highest BCUT2D eigenvalue weighted by Crippen LogP contribution is 2.65. The Labute approximate surface area is 222 Å². The van der Waals surface area contributed by atoms with Crippen molar-refractivity contribution in [3.8, 4) is 0 Å². The summed E-state index contributed by atoms with van der Waals surface area (Å²) in [6.45, 7) is 5.05. The van der Waals surface area contributed by atoms with Gasteiger partial charge in [0, 0.05) is 24.9 Å². The van der Waals surface area contributed by atoms with Gasteiger partial charge in [-0.25, -0.2) is 4.79 Å². The molecule has 0 aromatic heterocycles. The lowest BCUT2D eigenvalue weighted by atomic mass is 9.51. The van der Waals surface area contributed by atoms with Crippen LogP contribution < -0.4 is 0 Å². The smallest absolute Gasteiger partial charge is 0.338 e. The van der Waals surface area contributed by atoms with E-state index in [-0.39, 0.29) is 17.6 Å². The maximum absolute atomic E-state index is 13.6. The minimum absolute atomic E-state index is 0.00897. The highest BCUT2D eigenvalue weighted by molar-refractivity contribution is 5.89. The number of aliphatic hydroxyl groups excluding tert-OH is 5. The van der Waals surface area contributed by atoms with Gasteiger partial charge in [0.05, 0.1) is 47.6 Å². The second-order valence-corrected chi connectivity index (χ2v) is 11.9. The lowest BCUT2D eigenvalue weighted by molar-refractivity contribution is -0.284. The van der Waals surface area contributed by atoms with Crippen LogP contribution in [0.2, 0.25) is 0 Å². The first-order valence-electron chi connectivity index (χ1n) is 12.9. The minimum Gasteiger partial charge on any atom is -0.457 e. The molecule has 0 bridgehead atoms. The third-order valence-electron chi connectivity index (χ3n) is 9.74. The number of hydrogen-bond acceptors (Lipinski definition) is 10. The Kier molecular flexibility index (Phi) is 7.38. The van der Waals surface area contributed by atoms with Gasteiger partial charge in [0.1, 0.15) is 17.8 Å². The Bertz CT molecular complexity index is 1080. The molecule has 0 aliphatic heterocycles. The topological polar surface area (TPSA) is 177 Å². The number of carbonyl (C=O) groups excluding carboxylic acids is 1. The highest BCUT2D eigenvalue weighted by atomic mass is 16.5. The van der Waals surface area contributed by atoms with E-state index in [1.165, 1.54) is 40.0 Å². The summed E-state index contributed by atoms with van der Waals surface area (Å²) in [6, 6.07) is 8.04. The molecule has 3 aliphatic carbocycles. The van der Waals surface area contributed by atoms with Crippen LogP contribution in [0, 0.1) is 16.7 Å². The fourth-order valence-electron chi connectivity index (χ4n) is 7.54. The Morgan fingerprint density at radius 2 is 1.71 bits per heavy atom. The Balaban J connectivity index is 2.09. The van der Waals surface area contributed by atoms with Gasteiger partial charge >= 0.3 is 5.97 Å². The van der Waals surface area contributed by atoms with Crippen molar-refractivity contribution in [2.45, 2.75) is 88.4 Å². The molecule has 3 aliphatic rings. The zero-order valence-electron chi connectivity index (χ0n) is 22.4. The van der Waals surface area contributed by atoms with Crippen molar-refractivity contribution in [3.05, 3.63) is 47.0 Å². The second-order valence-electron chi connectivity index (χ2n) is 11.9. The molecule has 7 N–H and O–H groups in total. The van der Waals surface area contributed by atoms with E-state index in [0.717, 1.165) is 0 Å². The molecular weight excluding hydrogens is 496 g/mol. The summed E-state index contributed by atoms with van der Waals surface area (Å²) in [5, 5.41) is 79.8. The first-order valence-corrected chi connectivity index (χ1v) is 12.9. The fourth-order valence-corrected chi connectivity index (χ4v) is 7.54. The van der Waals surface area contributed by atoms with Crippen LogP contribution in [0.3, 0.4) is 0 Å². The molecule has 0 saturated heterocycles. The summed E-state index contributed by atoms with van der Waals surface area (Å²) in [5.74, 6) is -2.36. The number of hydrogen-bond donors (Lipinski definition) is 7. The molecule has 2 saturated carbocycles. The number of rotatable bonds is 5. The summed E-state index contributed by atoms with van der Waals surface area (Å²) in [7, 11) is 1.45. The van der Waals surface area contributed by atoms with Gasteiger partial charge in [-0.3, -0.25) is 0 Å². The van der Waals surface area contributed by atoms with E-state index in [1.807, 2.05) is 0 Å². The van der Waals surface area contributed by atoms with E-state index in [4.69, 9.17) is 9.47 Å². The van der Waals surface area contributed by atoms with Crippen molar-refractivity contribution in [2.75, 3.05) is 13.7 Å². The minimum atomic E-state index is -2.39. The third kappa shape index (κ3) is 3.81. The molecule has 1 aromatic rings. The molecule has 0 radical (unpaired) electrons. The zero-order chi connectivity index (χ0) is 28.4. The van der Waals surface area contributed by atoms with Gasteiger partial charge in [0.15, 0.2) is 0 Å². The van der Waals surface area contributed by atoms with Crippen molar-refractivity contribution in [3.63, 3.8) is 0 Å². The number of ether oxygens (including phenoxy) is 2. The molecule has 4 rings (SSSR count). The third-order valence-corrected chi connectivity index (χ3v) is 9.74. The maximum Gasteiger partial charge on any atom is 0.338 e. The second kappa shape index (κ2) is 9.64. The van der Waals surface area contributed by atoms with Crippen LogP contribution >= 0.6 is 0 Å². The monoisotopic (exact) mass is 536 g/mol. The van der Waals surface area contributed by atoms with Crippen LogP contribution in [0.25, 0.3) is 0 Å². The van der Waals surface area contributed by atoms with Crippen LogP contribution in [-0.2, 0) is 9.47 Å². The average molecular weight is 537 g/mol. The van der Waals surface area contributed by atoms with Gasteiger partial charge in [0.25, 0.3) is 0 Å². The van der Waals surface area contributed by atoms with Gasteiger partial charge < -0.3 is 45.2 Å². The first-order chi connectivity index (χ1) is 17.6. The number of methoxy groups -OCH3 is 1. The van der Waals surface area contributed by atoms with Gasteiger partial charge in [-0.15, -0.1) is 0 Å². The van der Waals surface area contributed by atoms with E-state index in [0.29, 0.717) is 5.57 Å². The van der Waals surface area contributed by atoms with Crippen molar-refractivity contribution < 1.29 is 50.0 Å². The molecule has 10 atom stereocenters. The van der Waals surface area contributed by atoms with Gasteiger partial charge in [0.2, 0.25) is 0 Å². The van der Waals surface area contributed by atoms with E-state index < -0.39 is 83.6 Å². The van der Waals surface area contributed by atoms with Gasteiger partial charge in [-0.05, 0) is 50.5 Å². The van der Waals surface area contributed by atoms with Crippen LogP contribution in [0.1, 0.15) is 50.9 Å². The molecule has 10 nitrogen and oxygen atoms in total. The Morgan fingerprint density at radius 1 is 1.11 bits per heavy atom.